The molecule has 5 nitrogen and oxygen atoms in total. The topological polar surface area (TPSA) is 59.2 Å². The summed E-state index contributed by atoms with van der Waals surface area (Å²) in [5.41, 5.74) is 0. The van der Waals surface area contributed by atoms with Gasteiger partial charge in [0.05, 0.1) is 15.7 Å². The van der Waals surface area contributed by atoms with Crippen LogP contribution in [0.15, 0.2) is 39.5 Å². The van der Waals surface area contributed by atoms with Crippen molar-refractivity contribution in [3.63, 3.8) is 0 Å². The van der Waals surface area contributed by atoms with Gasteiger partial charge >= 0.3 is 0 Å². The molecule has 3 aromatic heterocycles. The van der Waals surface area contributed by atoms with Crippen LogP contribution in [-0.4, -0.2) is 34.0 Å². The van der Waals surface area contributed by atoms with Gasteiger partial charge in [0.2, 0.25) is 11.7 Å². The van der Waals surface area contributed by atoms with E-state index >= 15 is 0 Å². The quantitative estimate of drug-likeness (QED) is 0.723. The molecule has 7 heteroatoms. The highest BCUT2D eigenvalue weighted by Crippen LogP contribution is 2.29. The Morgan fingerprint density at radius 3 is 2.91 bits per heavy atom. The van der Waals surface area contributed by atoms with Crippen LogP contribution in [0.25, 0.3) is 10.7 Å². The summed E-state index contributed by atoms with van der Waals surface area (Å²) in [4.78, 5) is 20.7. The highest BCUT2D eigenvalue weighted by Gasteiger charge is 2.29. The lowest BCUT2D eigenvalue weighted by molar-refractivity contribution is 0.0700. The van der Waals surface area contributed by atoms with Crippen molar-refractivity contribution in [2.45, 2.75) is 18.8 Å². The number of amides is 1. The van der Waals surface area contributed by atoms with Gasteiger partial charge in [0, 0.05) is 13.1 Å². The predicted octanol–water partition coefficient (Wildman–Crippen LogP) is 3.88. The fourth-order valence-corrected chi connectivity index (χ4v) is 4.17. The fourth-order valence-electron chi connectivity index (χ4n) is 2.83. The summed E-state index contributed by atoms with van der Waals surface area (Å²) in [6.45, 7) is 1.43. The number of hydrogen-bond donors (Lipinski definition) is 0. The Morgan fingerprint density at radius 2 is 2.13 bits per heavy atom. The Kier molecular flexibility index (Phi) is 3.97. The van der Waals surface area contributed by atoms with Gasteiger partial charge in [-0.05, 0) is 35.7 Å². The Labute approximate surface area is 141 Å². The minimum Gasteiger partial charge on any atom is -0.339 e. The van der Waals surface area contributed by atoms with Gasteiger partial charge in [0.1, 0.15) is 0 Å². The van der Waals surface area contributed by atoms with Gasteiger partial charge in [-0.15, -0.1) is 22.7 Å². The third kappa shape index (κ3) is 2.94. The van der Waals surface area contributed by atoms with Gasteiger partial charge in [-0.2, -0.15) is 4.98 Å². The lowest BCUT2D eigenvalue weighted by Gasteiger charge is -2.30. The maximum atomic E-state index is 12.5. The van der Waals surface area contributed by atoms with E-state index in [2.05, 4.69) is 10.1 Å². The predicted molar refractivity (Wildman–Crippen MR) is 89.8 cm³/mol. The molecule has 0 radical (unpaired) electrons. The summed E-state index contributed by atoms with van der Waals surface area (Å²) in [6, 6.07) is 7.73. The first-order valence-corrected chi connectivity index (χ1v) is 9.27. The van der Waals surface area contributed by atoms with Crippen molar-refractivity contribution in [3.05, 3.63) is 45.8 Å². The minimum atomic E-state index is 0.0997. The molecule has 0 spiro atoms. The Hall–Kier alpha value is -1.99. The van der Waals surface area contributed by atoms with E-state index in [4.69, 9.17) is 4.52 Å². The molecule has 1 atom stereocenters. The number of carbonyl (C=O) groups is 1. The molecule has 1 aliphatic rings. The van der Waals surface area contributed by atoms with E-state index in [0.717, 1.165) is 29.1 Å². The van der Waals surface area contributed by atoms with Crippen molar-refractivity contribution in [1.29, 1.82) is 0 Å². The Morgan fingerprint density at radius 1 is 1.26 bits per heavy atom. The lowest BCUT2D eigenvalue weighted by atomic mass is 9.98. The number of hydrogen-bond acceptors (Lipinski definition) is 6. The zero-order valence-corrected chi connectivity index (χ0v) is 14.0. The third-order valence-electron chi connectivity index (χ3n) is 3.97. The summed E-state index contributed by atoms with van der Waals surface area (Å²) >= 11 is 3.07. The van der Waals surface area contributed by atoms with Crippen molar-refractivity contribution in [2.24, 2.45) is 0 Å². The smallest absolute Gasteiger partial charge is 0.263 e. The Bertz CT molecular complexity index is 780. The van der Waals surface area contributed by atoms with Crippen LogP contribution < -0.4 is 0 Å². The van der Waals surface area contributed by atoms with Crippen molar-refractivity contribution in [2.75, 3.05) is 13.1 Å². The second-order valence-corrected chi connectivity index (χ2v) is 7.40. The van der Waals surface area contributed by atoms with E-state index in [1.54, 1.807) is 11.3 Å². The molecule has 1 aliphatic heterocycles. The second-order valence-electron chi connectivity index (χ2n) is 5.50. The fraction of sp³-hybridized carbons (Fsp3) is 0.312. The Balaban J connectivity index is 1.50. The molecule has 0 saturated carbocycles. The number of rotatable bonds is 3. The molecule has 1 fully saturated rings. The normalized spacial score (nSPS) is 18.3. The summed E-state index contributed by atoms with van der Waals surface area (Å²) in [7, 11) is 0. The molecule has 0 N–H and O–H groups in total. The molecule has 1 unspecified atom stereocenters. The number of piperidine rings is 1. The number of nitrogens with zero attached hydrogens (tertiary/aromatic N) is 3. The molecule has 3 aromatic rings. The monoisotopic (exact) mass is 345 g/mol. The molecule has 0 aliphatic carbocycles. The lowest BCUT2D eigenvalue weighted by Crippen LogP contribution is -2.38. The number of likely N-dealkylation sites (tertiary alicyclic amines) is 1. The van der Waals surface area contributed by atoms with Crippen molar-refractivity contribution in [3.8, 4) is 10.7 Å². The molecule has 1 saturated heterocycles. The number of thiophene rings is 2. The molecule has 0 bridgehead atoms. The van der Waals surface area contributed by atoms with E-state index in [-0.39, 0.29) is 11.8 Å². The zero-order chi connectivity index (χ0) is 15.6. The van der Waals surface area contributed by atoms with Crippen LogP contribution in [0.4, 0.5) is 0 Å². The van der Waals surface area contributed by atoms with Crippen molar-refractivity contribution in [1.82, 2.24) is 15.0 Å². The summed E-state index contributed by atoms with van der Waals surface area (Å²) in [5, 5.41) is 8.00. The molecule has 23 heavy (non-hydrogen) atoms. The number of carbonyl (C=O) groups excluding carboxylic acids is 1. The molecule has 118 valence electrons. The summed E-state index contributed by atoms with van der Waals surface area (Å²) in [5.74, 6) is 1.49. The van der Waals surface area contributed by atoms with Crippen LogP contribution >= 0.6 is 22.7 Å². The van der Waals surface area contributed by atoms with Gasteiger partial charge in [0.15, 0.2) is 0 Å². The van der Waals surface area contributed by atoms with Gasteiger partial charge < -0.3 is 9.42 Å². The van der Waals surface area contributed by atoms with Gasteiger partial charge in [-0.1, -0.05) is 17.3 Å². The largest absolute Gasteiger partial charge is 0.339 e. The SMILES string of the molecule is O=C(c1cccs1)N1CCCC(c2nc(-c3cccs3)no2)C1. The third-order valence-corrected chi connectivity index (χ3v) is 5.70. The zero-order valence-electron chi connectivity index (χ0n) is 12.3. The molecule has 1 amide bonds. The molecular weight excluding hydrogens is 330 g/mol. The molecule has 4 heterocycles. The van der Waals surface area contributed by atoms with E-state index in [1.165, 1.54) is 11.3 Å². The first-order valence-electron chi connectivity index (χ1n) is 7.51. The van der Waals surface area contributed by atoms with Crippen LogP contribution in [0.2, 0.25) is 0 Å². The standard InChI is InChI=1S/C16H15N3O2S2/c20-16(13-6-3-9-23-13)19-7-1-4-11(10-19)15-17-14(18-21-15)12-5-2-8-22-12/h2-3,5-6,8-9,11H,1,4,7,10H2. The van der Waals surface area contributed by atoms with Crippen LogP contribution in [0.3, 0.4) is 0 Å². The van der Waals surface area contributed by atoms with Crippen LogP contribution in [0.5, 0.6) is 0 Å². The summed E-state index contributed by atoms with van der Waals surface area (Å²) < 4.78 is 5.46. The van der Waals surface area contributed by atoms with Crippen molar-refractivity contribution < 1.29 is 9.32 Å². The first-order chi connectivity index (χ1) is 11.3. The molecule has 4 rings (SSSR count). The maximum Gasteiger partial charge on any atom is 0.263 e. The average Bonchev–Trinajstić information content (AvgIpc) is 3.36. The van der Waals surface area contributed by atoms with Crippen LogP contribution in [-0.2, 0) is 0 Å². The van der Waals surface area contributed by atoms with Crippen LogP contribution in [0, 0.1) is 0 Å². The maximum absolute atomic E-state index is 12.5. The molecule has 0 aromatic carbocycles. The van der Waals surface area contributed by atoms with E-state index in [0.29, 0.717) is 18.3 Å². The average molecular weight is 345 g/mol. The summed E-state index contributed by atoms with van der Waals surface area (Å²) in [6.07, 6.45) is 1.93. The van der Waals surface area contributed by atoms with E-state index in [9.17, 15) is 4.79 Å². The van der Waals surface area contributed by atoms with Gasteiger partial charge in [-0.3, -0.25) is 4.79 Å². The minimum absolute atomic E-state index is 0.0997. The van der Waals surface area contributed by atoms with Gasteiger partial charge in [0.25, 0.3) is 5.91 Å². The van der Waals surface area contributed by atoms with Crippen molar-refractivity contribution >= 4 is 28.6 Å². The first kappa shape index (κ1) is 14.6. The van der Waals surface area contributed by atoms with Gasteiger partial charge in [-0.25, -0.2) is 0 Å². The number of aromatic nitrogens is 2. The van der Waals surface area contributed by atoms with E-state index < -0.39 is 0 Å². The highest BCUT2D eigenvalue weighted by atomic mass is 32.1. The highest BCUT2D eigenvalue weighted by molar-refractivity contribution is 7.13. The molecular formula is C16H15N3O2S2. The van der Waals surface area contributed by atoms with E-state index in [1.807, 2.05) is 39.9 Å². The second kappa shape index (κ2) is 6.25. The van der Waals surface area contributed by atoms with Crippen LogP contribution in [0.1, 0.15) is 34.3 Å².